The minimum absolute atomic E-state index is 0.0759. The van der Waals surface area contributed by atoms with E-state index in [4.69, 9.17) is 0 Å². The topological polar surface area (TPSA) is 0 Å². The van der Waals surface area contributed by atoms with Crippen LogP contribution < -0.4 is 0 Å². The molecule has 0 amide bonds. The van der Waals surface area contributed by atoms with Gasteiger partial charge >= 0.3 is 0 Å². The molecule has 0 unspecified atom stereocenters. The van der Waals surface area contributed by atoms with Gasteiger partial charge in [0.05, 0.1) is 0 Å². The normalized spacial score (nSPS) is 10.6. The van der Waals surface area contributed by atoms with E-state index in [9.17, 15) is 30.7 Å². The predicted octanol–water partition coefficient (Wildman–Crippen LogP) is 12.9. The Morgan fingerprint density at radius 1 is 0.286 bits per heavy atom. The fraction of sp³-hybridized carbons (Fsp3) is 0.143. The molecule has 7 heteroatoms. The highest BCUT2D eigenvalue weighted by Gasteiger charge is 2.15. The van der Waals surface area contributed by atoms with Gasteiger partial charge in [0, 0.05) is 16.7 Å². The van der Waals surface area contributed by atoms with Crippen LogP contribution in [0.3, 0.4) is 0 Å². The van der Waals surface area contributed by atoms with Gasteiger partial charge in [0.25, 0.3) is 0 Å². The van der Waals surface area contributed by atoms with Gasteiger partial charge in [0.1, 0.15) is 5.82 Å². The number of hydrogen-bond donors (Lipinski definition) is 0. The minimum atomic E-state index is -0.937. The lowest BCUT2D eigenvalue weighted by molar-refractivity contribution is 0.505. The molecule has 0 saturated heterocycles. The zero-order valence-corrected chi connectivity index (χ0v) is 28.0. The van der Waals surface area contributed by atoms with Gasteiger partial charge in [-0.25, -0.2) is 30.7 Å². The molecule has 252 valence electrons. The molecule has 0 N–H and O–H groups in total. The van der Waals surface area contributed by atoms with Crippen LogP contribution in [0.25, 0.3) is 33.4 Å². The zero-order chi connectivity index (χ0) is 36.0. The number of benzene rings is 6. The van der Waals surface area contributed by atoms with Crippen molar-refractivity contribution in [2.75, 3.05) is 0 Å². The van der Waals surface area contributed by atoms with E-state index in [0.717, 1.165) is 11.1 Å². The van der Waals surface area contributed by atoms with Crippen molar-refractivity contribution in [2.45, 2.75) is 41.5 Å². The van der Waals surface area contributed by atoms with Crippen molar-refractivity contribution < 1.29 is 30.7 Å². The zero-order valence-electron chi connectivity index (χ0n) is 28.0. The van der Waals surface area contributed by atoms with Crippen LogP contribution in [-0.4, -0.2) is 0 Å². The van der Waals surface area contributed by atoms with Gasteiger partial charge in [0.2, 0.25) is 0 Å². The molecule has 0 saturated carbocycles. The van der Waals surface area contributed by atoms with Gasteiger partial charge in [-0.1, -0.05) is 108 Å². The smallest absolute Gasteiger partial charge is 0.166 e. The highest BCUT2D eigenvalue weighted by Crippen LogP contribution is 2.29. The Morgan fingerprint density at radius 3 is 0.898 bits per heavy atom. The summed E-state index contributed by atoms with van der Waals surface area (Å²) < 4.78 is 94.5. The third kappa shape index (κ3) is 8.65. The number of aryl methyl sites for hydroxylation is 6. The predicted molar refractivity (Wildman–Crippen MR) is 184 cm³/mol. The molecule has 0 radical (unpaired) electrons. The van der Waals surface area contributed by atoms with Gasteiger partial charge in [-0.2, -0.15) is 0 Å². The van der Waals surface area contributed by atoms with Crippen molar-refractivity contribution >= 4 is 0 Å². The SMILES string of the molecule is Cc1ccc(-c2ccc(C)c(F)c2F)cc1.Cc1ccc(-c2ccc(C)c(F)c2F)cc1.Cc1ccc(-c2ccc(C)c(F)c2F)cc1F. The second-order valence-electron chi connectivity index (χ2n) is 11.9. The molecule has 0 heterocycles. The Hall–Kier alpha value is -5.17. The first-order valence-corrected chi connectivity index (χ1v) is 15.4. The molecule has 0 aliphatic carbocycles. The molecule has 0 fully saturated rings. The lowest BCUT2D eigenvalue weighted by Crippen LogP contribution is -1.94. The largest absolute Gasteiger partial charge is 0.207 e. The van der Waals surface area contributed by atoms with Gasteiger partial charge in [-0.05, 0) is 86.6 Å². The van der Waals surface area contributed by atoms with Crippen LogP contribution in [0.15, 0.2) is 103 Å². The summed E-state index contributed by atoms with van der Waals surface area (Å²) in [5.41, 5.74) is 5.97. The Balaban J connectivity index is 0.000000166. The molecule has 6 aromatic carbocycles. The van der Waals surface area contributed by atoms with Crippen LogP contribution in [0.4, 0.5) is 30.7 Å². The molecule has 6 rings (SSSR count). The third-order valence-electron chi connectivity index (χ3n) is 8.03. The summed E-state index contributed by atoms with van der Waals surface area (Å²) in [7, 11) is 0. The summed E-state index contributed by atoms with van der Waals surface area (Å²) >= 11 is 0. The number of halogens is 7. The van der Waals surface area contributed by atoms with Gasteiger partial charge in [-0.3, -0.25) is 0 Å². The van der Waals surface area contributed by atoms with E-state index in [2.05, 4.69) is 0 Å². The second kappa shape index (κ2) is 15.8. The second-order valence-corrected chi connectivity index (χ2v) is 11.9. The van der Waals surface area contributed by atoms with Gasteiger partial charge in [0.15, 0.2) is 34.9 Å². The van der Waals surface area contributed by atoms with E-state index in [-0.39, 0.29) is 11.1 Å². The lowest BCUT2D eigenvalue weighted by atomic mass is 10.0. The molecule has 0 aliphatic heterocycles. The fourth-order valence-electron chi connectivity index (χ4n) is 4.83. The van der Waals surface area contributed by atoms with E-state index in [1.165, 1.54) is 25.1 Å². The van der Waals surface area contributed by atoms with Crippen LogP contribution in [-0.2, 0) is 0 Å². The molecule has 0 nitrogen and oxygen atoms in total. The molecule has 0 atom stereocenters. The van der Waals surface area contributed by atoms with Gasteiger partial charge < -0.3 is 0 Å². The van der Waals surface area contributed by atoms with E-state index in [1.807, 2.05) is 38.1 Å². The van der Waals surface area contributed by atoms with Crippen molar-refractivity contribution in [2.24, 2.45) is 0 Å². The van der Waals surface area contributed by atoms with E-state index in [0.29, 0.717) is 44.5 Å². The summed E-state index contributed by atoms with van der Waals surface area (Å²) in [5, 5.41) is 0. The average molecular weight is 673 g/mol. The third-order valence-corrected chi connectivity index (χ3v) is 8.03. The first-order chi connectivity index (χ1) is 23.2. The van der Waals surface area contributed by atoms with Gasteiger partial charge in [-0.15, -0.1) is 0 Å². The quantitative estimate of drug-likeness (QED) is 0.164. The van der Waals surface area contributed by atoms with Crippen molar-refractivity contribution in [3.8, 4) is 33.4 Å². The van der Waals surface area contributed by atoms with Crippen LogP contribution in [0.2, 0.25) is 0 Å². The summed E-state index contributed by atoms with van der Waals surface area (Å²) in [6.45, 7) is 10.1. The van der Waals surface area contributed by atoms with Crippen LogP contribution in [0.5, 0.6) is 0 Å². The Bertz CT molecular complexity index is 1980. The van der Waals surface area contributed by atoms with Crippen LogP contribution in [0.1, 0.15) is 33.4 Å². The van der Waals surface area contributed by atoms with Crippen molar-refractivity contribution in [3.05, 3.63) is 177 Å². The molecular formula is C42H35F7. The van der Waals surface area contributed by atoms with E-state index < -0.39 is 40.7 Å². The number of rotatable bonds is 3. The van der Waals surface area contributed by atoms with Crippen LogP contribution in [0, 0.1) is 82.3 Å². The number of hydrogen-bond acceptors (Lipinski definition) is 0. The first-order valence-electron chi connectivity index (χ1n) is 15.4. The summed E-state index contributed by atoms with van der Waals surface area (Å²) in [6.07, 6.45) is 0. The fourth-order valence-corrected chi connectivity index (χ4v) is 4.83. The molecule has 0 aromatic heterocycles. The molecule has 0 spiro atoms. The Kier molecular flexibility index (Phi) is 11.8. The molecular weight excluding hydrogens is 637 g/mol. The molecule has 0 bridgehead atoms. The van der Waals surface area contributed by atoms with Crippen molar-refractivity contribution in [3.63, 3.8) is 0 Å². The van der Waals surface area contributed by atoms with Crippen LogP contribution >= 0.6 is 0 Å². The first kappa shape index (κ1) is 36.7. The van der Waals surface area contributed by atoms with E-state index in [1.54, 1.807) is 81.4 Å². The van der Waals surface area contributed by atoms with E-state index >= 15 is 0 Å². The molecule has 49 heavy (non-hydrogen) atoms. The molecule has 6 aromatic rings. The maximum absolute atomic E-state index is 13.7. The highest BCUT2D eigenvalue weighted by atomic mass is 19.2. The summed E-state index contributed by atoms with van der Waals surface area (Å²) in [4.78, 5) is 0. The average Bonchev–Trinajstić information content (AvgIpc) is 3.08. The van der Waals surface area contributed by atoms with Crippen molar-refractivity contribution in [1.29, 1.82) is 0 Å². The molecule has 0 aliphatic rings. The Morgan fingerprint density at radius 2 is 0.571 bits per heavy atom. The monoisotopic (exact) mass is 672 g/mol. The Labute approximate surface area is 282 Å². The summed E-state index contributed by atoms with van der Waals surface area (Å²) in [6, 6.07) is 28.4. The standard InChI is InChI=1S/C14H11F3.2C14H12F2/c1-8-3-5-10(7-12(8)15)11-6-4-9(2)13(16)14(11)17;2*1-9-3-6-11(7-4-9)12-8-5-10(2)13(15)14(12)16/h3-7H,1-2H3;2*3-8H,1-2H3. The lowest BCUT2D eigenvalue weighted by Gasteiger charge is -2.07. The maximum atomic E-state index is 13.7. The highest BCUT2D eigenvalue weighted by molar-refractivity contribution is 5.67. The minimum Gasteiger partial charge on any atom is -0.207 e. The maximum Gasteiger partial charge on any atom is 0.166 e. The van der Waals surface area contributed by atoms with Crippen molar-refractivity contribution in [1.82, 2.24) is 0 Å². The summed E-state index contributed by atoms with van der Waals surface area (Å²) in [5.74, 6) is -5.33.